The predicted octanol–water partition coefficient (Wildman–Crippen LogP) is 1.96. The van der Waals surface area contributed by atoms with Crippen molar-refractivity contribution in [3.8, 4) is 0 Å². The Morgan fingerprint density at radius 2 is 1.89 bits per heavy atom. The van der Waals surface area contributed by atoms with E-state index in [2.05, 4.69) is 15.7 Å². The summed E-state index contributed by atoms with van der Waals surface area (Å²) in [6.45, 7) is 3.44. The van der Waals surface area contributed by atoms with Gasteiger partial charge in [0.1, 0.15) is 11.6 Å². The van der Waals surface area contributed by atoms with Gasteiger partial charge < -0.3 is 15.8 Å². The highest BCUT2D eigenvalue weighted by molar-refractivity contribution is 5.49. The van der Waals surface area contributed by atoms with Gasteiger partial charge in [-0.3, -0.25) is 0 Å². The smallest absolute Gasteiger partial charge is 0.388 e. The average Bonchev–Trinajstić information content (AvgIpc) is 2.35. The summed E-state index contributed by atoms with van der Waals surface area (Å²) in [5.41, 5.74) is 0.189. The van der Waals surface area contributed by atoms with E-state index < -0.39 is 17.3 Å². The van der Waals surface area contributed by atoms with Crippen LogP contribution in [-0.2, 0) is 6.18 Å². The van der Waals surface area contributed by atoms with Gasteiger partial charge in [-0.15, -0.1) is 0 Å². The molecule has 0 amide bonds. The van der Waals surface area contributed by atoms with Crippen molar-refractivity contribution in [1.82, 2.24) is 4.98 Å². The van der Waals surface area contributed by atoms with Crippen LogP contribution in [0.4, 0.5) is 24.8 Å². The number of hydrogen-bond acceptors (Lipinski definition) is 5. The summed E-state index contributed by atoms with van der Waals surface area (Å²) in [6, 6.07) is 1.68. The highest BCUT2D eigenvalue weighted by atomic mass is 19.4. The van der Waals surface area contributed by atoms with Gasteiger partial charge in [-0.05, 0) is 25.5 Å². The first kappa shape index (κ1) is 15.5. The minimum Gasteiger partial charge on any atom is -0.388 e. The van der Waals surface area contributed by atoms with Gasteiger partial charge in [-0.2, -0.15) is 13.2 Å². The minimum atomic E-state index is -4.49. The molecule has 0 saturated heterocycles. The normalized spacial score (nSPS) is 14.9. The summed E-state index contributed by atoms with van der Waals surface area (Å²) in [5, 5.41) is 12.5. The van der Waals surface area contributed by atoms with Gasteiger partial charge >= 0.3 is 6.18 Å². The molecule has 108 valence electrons. The molecule has 0 aliphatic carbocycles. The molecule has 1 unspecified atom stereocenters. The lowest BCUT2D eigenvalue weighted by Crippen LogP contribution is -2.32. The number of alkyl halides is 3. The summed E-state index contributed by atoms with van der Waals surface area (Å²) >= 11 is 0. The Balaban J connectivity index is 2.95. The second-order valence-corrected chi connectivity index (χ2v) is 4.47. The molecular formula is C11H17F3N4O. The molecular weight excluding hydrogens is 261 g/mol. The highest BCUT2D eigenvalue weighted by Crippen LogP contribution is 2.32. The van der Waals surface area contributed by atoms with Gasteiger partial charge in [0, 0.05) is 6.54 Å². The Labute approximate surface area is 109 Å². The third-order valence-corrected chi connectivity index (χ3v) is 2.71. The summed E-state index contributed by atoms with van der Waals surface area (Å²) in [4.78, 5) is 3.84. The summed E-state index contributed by atoms with van der Waals surface area (Å²) in [6.07, 6.45) is -4.03. The Morgan fingerprint density at radius 3 is 2.37 bits per heavy atom. The van der Waals surface area contributed by atoms with Crippen molar-refractivity contribution in [2.45, 2.75) is 32.0 Å². The molecule has 0 aliphatic rings. The maximum atomic E-state index is 12.7. The number of hydrogen-bond donors (Lipinski definition) is 4. The molecule has 0 aromatic carbocycles. The standard InChI is InChI=1S/C11H17F3N4O/c1-3-10(2,19)6-16-8-4-7(11(12,13)14)5-9(17-8)18-15/h4-5,19H,3,6,15H2,1-2H3,(H2,16,17,18). The van der Waals surface area contributed by atoms with Crippen molar-refractivity contribution in [2.24, 2.45) is 5.84 Å². The molecule has 5 nitrogen and oxygen atoms in total. The lowest BCUT2D eigenvalue weighted by Gasteiger charge is -2.22. The van der Waals surface area contributed by atoms with E-state index in [0.29, 0.717) is 6.42 Å². The SMILES string of the molecule is CCC(C)(O)CNc1cc(C(F)(F)F)cc(NN)n1. The van der Waals surface area contributed by atoms with E-state index in [1.54, 1.807) is 13.8 Å². The minimum absolute atomic E-state index is 0.00324. The van der Waals surface area contributed by atoms with Crippen LogP contribution in [0.2, 0.25) is 0 Å². The van der Waals surface area contributed by atoms with Crippen LogP contribution in [0, 0.1) is 0 Å². The van der Waals surface area contributed by atoms with Gasteiger partial charge in [0.05, 0.1) is 11.2 Å². The fourth-order valence-electron chi connectivity index (χ4n) is 1.26. The molecule has 8 heteroatoms. The second-order valence-electron chi connectivity index (χ2n) is 4.47. The summed E-state index contributed by atoms with van der Waals surface area (Å²) < 4.78 is 38.0. The number of nitrogen functional groups attached to an aromatic ring is 1. The number of nitrogens with two attached hydrogens (primary N) is 1. The van der Waals surface area contributed by atoms with Crippen LogP contribution < -0.4 is 16.6 Å². The monoisotopic (exact) mass is 278 g/mol. The molecule has 1 heterocycles. The van der Waals surface area contributed by atoms with E-state index >= 15 is 0 Å². The number of rotatable bonds is 5. The molecule has 5 N–H and O–H groups in total. The van der Waals surface area contributed by atoms with Crippen molar-refractivity contribution in [1.29, 1.82) is 0 Å². The first-order valence-corrected chi connectivity index (χ1v) is 5.70. The van der Waals surface area contributed by atoms with E-state index in [0.717, 1.165) is 12.1 Å². The molecule has 0 aliphatic heterocycles. The van der Waals surface area contributed by atoms with Gasteiger partial charge in [0.2, 0.25) is 0 Å². The topological polar surface area (TPSA) is 83.2 Å². The van der Waals surface area contributed by atoms with Crippen molar-refractivity contribution < 1.29 is 18.3 Å². The Hall–Kier alpha value is -1.54. The Bertz CT molecular complexity index is 434. The van der Waals surface area contributed by atoms with Crippen molar-refractivity contribution in [3.05, 3.63) is 17.7 Å². The molecule has 0 radical (unpaired) electrons. The average molecular weight is 278 g/mol. The van der Waals surface area contributed by atoms with Gasteiger partial charge in [-0.25, -0.2) is 10.8 Å². The van der Waals surface area contributed by atoms with Gasteiger partial charge in [-0.1, -0.05) is 6.92 Å². The number of anilines is 2. The molecule has 19 heavy (non-hydrogen) atoms. The van der Waals surface area contributed by atoms with E-state index in [1.807, 2.05) is 0 Å². The van der Waals surface area contributed by atoms with Crippen LogP contribution in [0.15, 0.2) is 12.1 Å². The maximum absolute atomic E-state index is 12.7. The largest absolute Gasteiger partial charge is 0.416 e. The number of pyridine rings is 1. The predicted molar refractivity (Wildman–Crippen MR) is 66.5 cm³/mol. The molecule has 1 aromatic heterocycles. The Kier molecular flexibility index (Phi) is 4.59. The van der Waals surface area contributed by atoms with Crippen molar-refractivity contribution in [2.75, 3.05) is 17.3 Å². The molecule has 1 rings (SSSR count). The van der Waals surface area contributed by atoms with Gasteiger partial charge in [0.15, 0.2) is 0 Å². The van der Waals surface area contributed by atoms with Crippen LogP contribution in [0.1, 0.15) is 25.8 Å². The molecule has 0 spiro atoms. The Morgan fingerprint density at radius 1 is 1.32 bits per heavy atom. The molecule has 0 saturated carbocycles. The lowest BCUT2D eigenvalue weighted by atomic mass is 10.0. The second kappa shape index (κ2) is 5.62. The van der Waals surface area contributed by atoms with Crippen molar-refractivity contribution >= 4 is 11.6 Å². The number of nitrogens with zero attached hydrogens (tertiary/aromatic N) is 1. The van der Waals surface area contributed by atoms with E-state index in [-0.39, 0.29) is 18.2 Å². The fraction of sp³-hybridized carbons (Fsp3) is 0.545. The quantitative estimate of drug-likeness (QED) is 0.489. The maximum Gasteiger partial charge on any atom is 0.416 e. The molecule has 0 fully saturated rings. The molecule has 1 atom stereocenters. The zero-order valence-electron chi connectivity index (χ0n) is 10.7. The van der Waals surface area contributed by atoms with E-state index in [9.17, 15) is 18.3 Å². The number of aromatic nitrogens is 1. The first-order chi connectivity index (χ1) is 8.68. The number of halogens is 3. The van der Waals surface area contributed by atoms with Crippen molar-refractivity contribution in [3.63, 3.8) is 0 Å². The molecule has 0 bridgehead atoms. The van der Waals surface area contributed by atoms with E-state index in [4.69, 9.17) is 5.84 Å². The van der Waals surface area contributed by atoms with Crippen LogP contribution in [0.5, 0.6) is 0 Å². The van der Waals surface area contributed by atoms with E-state index in [1.165, 1.54) is 0 Å². The number of hydrazine groups is 1. The zero-order valence-corrected chi connectivity index (χ0v) is 10.7. The van der Waals surface area contributed by atoms with Crippen LogP contribution in [-0.4, -0.2) is 22.2 Å². The number of nitrogens with one attached hydrogen (secondary N) is 2. The third-order valence-electron chi connectivity index (χ3n) is 2.71. The molecule has 1 aromatic rings. The zero-order chi connectivity index (χ0) is 14.7. The van der Waals surface area contributed by atoms with Crippen LogP contribution in [0.25, 0.3) is 0 Å². The van der Waals surface area contributed by atoms with Crippen LogP contribution in [0.3, 0.4) is 0 Å². The number of aliphatic hydroxyl groups is 1. The van der Waals surface area contributed by atoms with Crippen LogP contribution >= 0.6 is 0 Å². The van der Waals surface area contributed by atoms with Gasteiger partial charge in [0.25, 0.3) is 0 Å². The summed E-state index contributed by atoms with van der Waals surface area (Å²) in [5.74, 6) is 4.98. The first-order valence-electron chi connectivity index (χ1n) is 5.70. The fourth-order valence-corrected chi connectivity index (χ4v) is 1.26. The third kappa shape index (κ3) is 4.56. The highest BCUT2D eigenvalue weighted by Gasteiger charge is 2.31. The summed E-state index contributed by atoms with van der Waals surface area (Å²) in [7, 11) is 0. The lowest BCUT2D eigenvalue weighted by molar-refractivity contribution is -0.137.